The summed E-state index contributed by atoms with van der Waals surface area (Å²) >= 11 is 0. The van der Waals surface area contributed by atoms with Crippen LogP contribution in [0.2, 0.25) is 0 Å². The zero-order valence-electron chi connectivity index (χ0n) is 10.1. The lowest BCUT2D eigenvalue weighted by atomic mass is 10.1. The Hall–Kier alpha value is -1.55. The Labute approximate surface area is 102 Å². The fraction of sp³-hybridized carbons (Fsp3) is 0.462. The van der Waals surface area contributed by atoms with Crippen LogP contribution < -0.4 is 5.73 Å². The lowest BCUT2D eigenvalue weighted by Crippen LogP contribution is -2.26. The predicted octanol–water partition coefficient (Wildman–Crippen LogP) is 1.77. The minimum atomic E-state index is 0.168. The van der Waals surface area contributed by atoms with E-state index in [9.17, 15) is 0 Å². The molecule has 3 N–H and O–H groups in total. The van der Waals surface area contributed by atoms with E-state index in [1.165, 1.54) is 18.4 Å². The van der Waals surface area contributed by atoms with Crippen LogP contribution in [0.25, 0.3) is 0 Å². The molecule has 0 radical (unpaired) electrons. The van der Waals surface area contributed by atoms with Crippen LogP contribution in [0, 0.1) is 0 Å². The molecule has 2 rings (SSSR count). The van der Waals surface area contributed by atoms with Crippen LogP contribution >= 0.6 is 0 Å². The predicted molar refractivity (Wildman–Crippen MR) is 68.1 cm³/mol. The van der Waals surface area contributed by atoms with Gasteiger partial charge in [-0.3, -0.25) is 4.90 Å². The summed E-state index contributed by atoms with van der Waals surface area (Å²) in [5.74, 6) is 0.168. The second-order valence-corrected chi connectivity index (χ2v) is 4.65. The van der Waals surface area contributed by atoms with Gasteiger partial charge < -0.3 is 10.9 Å². The number of oxime groups is 1. The molecule has 92 valence electrons. The Morgan fingerprint density at radius 2 is 2.41 bits per heavy atom. The van der Waals surface area contributed by atoms with Crippen molar-refractivity contribution in [2.45, 2.75) is 32.4 Å². The molecule has 1 fully saturated rings. The summed E-state index contributed by atoms with van der Waals surface area (Å²) in [6.45, 7) is 4.36. The zero-order chi connectivity index (χ0) is 12.3. The second kappa shape index (κ2) is 5.19. The Morgan fingerprint density at radius 1 is 1.59 bits per heavy atom. The highest BCUT2D eigenvalue weighted by atomic mass is 16.4. The minimum Gasteiger partial charge on any atom is -0.409 e. The molecule has 4 heteroatoms. The van der Waals surface area contributed by atoms with Crippen molar-refractivity contribution in [3.63, 3.8) is 0 Å². The third-order valence-electron chi connectivity index (χ3n) is 3.41. The number of nitrogens with two attached hydrogens (primary N) is 1. The highest BCUT2D eigenvalue weighted by Gasteiger charge is 2.19. The SMILES string of the molecule is CC1CCCN1Cc1cccc(/C(N)=N/O)c1. The van der Waals surface area contributed by atoms with Gasteiger partial charge in [-0.25, -0.2) is 0 Å². The monoisotopic (exact) mass is 233 g/mol. The van der Waals surface area contributed by atoms with Crippen LogP contribution in [0.15, 0.2) is 29.4 Å². The van der Waals surface area contributed by atoms with Crippen LogP contribution in [0.3, 0.4) is 0 Å². The molecule has 0 spiro atoms. The molecule has 0 amide bonds. The summed E-state index contributed by atoms with van der Waals surface area (Å²) in [4.78, 5) is 2.46. The Kier molecular flexibility index (Phi) is 3.64. The molecule has 1 aromatic carbocycles. The number of nitrogens with zero attached hydrogens (tertiary/aromatic N) is 2. The summed E-state index contributed by atoms with van der Waals surface area (Å²) < 4.78 is 0. The molecule has 0 aromatic heterocycles. The molecule has 1 atom stereocenters. The maximum absolute atomic E-state index is 8.66. The maximum Gasteiger partial charge on any atom is 0.170 e. The zero-order valence-corrected chi connectivity index (χ0v) is 10.1. The van der Waals surface area contributed by atoms with E-state index in [4.69, 9.17) is 10.9 Å². The third kappa shape index (κ3) is 2.77. The summed E-state index contributed by atoms with van der Waals surface area (Å²) in [5.41, 5.74) is 7.57. The highest BCUT2D eigenvalue weighted by molar-refractivity contribution is 5.97. The van der Waals surface area contributed by atoms with Crippen LogP contribution in [-0.4, -0.2) is 28.5 Å². The summed E-state index contributed by atoms with van der Waals surface area (Å²) in [7, 11) is 0. The second-order valence-electron chi connectivity index (χ2n) is 4.65. The molecule has 0 saturated carbocycles. The first-order valence-electron chi connectivity index (χ1n) is 6.01. The molecular weight excluding hydrogens is 214 g/mol. The van der Waals surface area contributed by atoms with E-state index >= 15 is 0 Å². The Morgan fingerprint density at radius 3 is 3.06 bits per heavy atom. The molecular formula is C13H19N3O. The van der Waals surface area contributed by atoms with E-state index in [2.05, 4.69) is 23.0 Å². The van der Waals surface area contributed by atoms with Gasteiger partial charge in [-0.2, -0.15) is 0 Å². The van der Waals surface area contributed by atoms with Gasteiger partial charge in [0, 0.05) is 18.2 Å². The van der Waals surface area contributed by atoms with Crippen molar-refractivity contribution in [2.75, 3.05) is 6.54 Å². The summed E-state index contributed by atoms with van der Waals surface area (Å²) in [6, 6.07) is 8.52. The van der Waals surface area contributed by atoms with E-state index in [0.29, 0.717) is 6.04 Å². The molecule has 1 aliphatic heterocycles. The molecule has 1 aromatic rings. The van der Waals surface area contributed by atoms with Crippen molar-refractivity contribution in [2.24, 2.45) is 10.9 Å². The molecule has 17 heavy (non-hydrogen) atoms. The largest absolute Gasteiger partial charge is 0.409 e. The van der Waals surface area contributed by atoms with Crippen LogP contribution in [0.1, 0.15) is 30.9 Å². The number of rotatable bonds is 3. The van der Waals surface area contributed by atoms with E-state index < -0.39 is 0 Å². The Bertz CT molecular complexity index is 417. The minimum absolute atomic E-state index is 0.168. The quantitative estimate of drug-likeness (QED) is 0.362. The molecule has 1 unspecified atom stereocenters. The number of hydrogen-bond acceptors (Lipinski definition) is 3. The van der Waals surface area contributed by atoms with E-state index in [0.717, 1.165) is 18.7 Å². The van der Waals surface area contributed by atoms with Gasteiger partial charge in [-0.05, 0) is 37.9 Å². The number of amidine groups is 1. The van der Waals surface area contributed by atoms with Gasteiger partial charge >= 0.3 is 0 Å². The van der Waals surface area contributed by atoms with Gasteiger partial charge in [0.2, 0.25) is 0 Å². The molecule has 4 nitrogen and oxygen atoms in total. The number of likely N-dealkylation sites (tertiary alicyclic amines) is 1. The molecule has 1 heterocycles. The lowest BCUT2D eigenvalue weighted by molar-refractivity contribution is 0.260. The van der Waals surface area contributed by atoms with Gasteiger partial charge in [0.25, 0.3) is 0 Å². The van der Waals surface area contributed by atoms with Crippen molar-refractivity contribution in [1.82, 2.24) is 4.90 Å². The maximum atomic E-state index is 8.66. The third-order valence-corrected chi connectivity index (χ3v) is 3.41. The Balaban J connectivity index is 2.11. The summed E-state index contributed by atoms with van der Waals surface area (Å²) in [6.07, 6.45) is 2.56. The lowest BCUT2D eigenvalue weighted by Gasteiger charge is -2.21. The molecule has 1 saturated heterocycles. The van der Waals surface area contributed by atoms with Gasteiger partial charge in [-0.15, -0.1) is 0 Å². The highest BCUT2D eigenvalue weighted by Crippen LogP contribution is 2.19. The van der Waals surface area contributed by atoms with Gasteiger partial charge in [0.15, 0.2) is 5.84 Å². The average Bonchev–Trinajstić information content (AvgIpc) is 2.74. The standard InChI is InChI=1S/C13H19N3O/c1-10-4-3-7-16(10)9-11-5-2-6-12(8-11)13(14)15-17/h2,5-6,8,10,17H,3-4,7,9H2,1H3,(H2,14,15). The van der Waals surface area contributed by atoms with E-state index in [1.54, 1.807) is 0 Å². The topological polar surface area (TPSA) is 61.8 Å². The number of hydrogen-bond donors (Lipinski definition) is 2. The van der Waals surface area contributed by atoms with Crippen molar-refractivity contribution < 1.29 is 5.21 Å². The molecule has 0 aliphatic carbocycles. The van der Waals surface area contributed by atoms with Crippen LogP contribution in [-0.2, 0) is 6.54 Å². The van der Waals surface area contributed by atoms with Crippen molar-refractivity contribution in [1.29, 1.82) is 0 Å². The van der Waals surface area contributed by atoms with Crippen LogP contribution in [0.4, 0.5) is 0 Å². The summed E-state index contributed by atoms with van der Waals surface area (Å²) in [5, 5.41) is 11.7. The normalized spacial score (nSPS) is 21.9. The fourth-order valence-electron chi connectivity index (χ4n) is 2.35. The van der Waals surface area contributed by atoms with Gasteiger partial charge in [0.05, 0.1) is 0 Å². The smallest absolute Gasteiger partial charge is 0.170 e. The first kappa shape index (κ1) is 11.9. The number of benzene rings is 1. The van der Waals surface area contributed by atoms with Gasteiger partial charge in [0.1, 0.15) is 0 Å². The van der Waals surface area contributed by atoms with Crippen molar-refractivity contribution in [3.05, 3.63) is 35.4 Å². The first-order valence-corrected chi connectivity index (χ1v) is 6.01. The van der Waals surface area contributed by atoms with Gasteiger partial charge in [-0.1, -0.05) is 23.4 Å². The first-order chi connectivity index (χ1) is 8.20. The van der Waals surface area contributed by atoms with Crippen molar-refractivity contribution in [3.8, 4) is 0 Å². The average molecular weight is 233 g/mol. The fourth-order valence-corrected chi connectivity index (χ4v) is 2.35. The van der Waals surface area contributed by atoms with E-state index in [1.807, 2.05) is 18.2 Å². The van der Waals surface area contributed by atoms with Crippen LogP contribution in [0.5, 0.6) is 0 Å². The molecule has 1 aliphatic rings. The van der Waals surface area contributed by atoms with Crippen molar-refractivity contribution >= 4 is 5.84 Å². The molecule has 0 bridgehead atoms. The van der Waals surface area contributed by atoms with E-state index in [-0.39, 0.29) is 5.84 Å².